The molecule has 1 N–H and O–H groups in total. The van der Waals surface area contributed by atoms with E-state index in [2.05, 4.69) is 16.8 Å². The molecule has 2 heterocycles. The molecule has 33 heavy (non-hydrogen) atoms. The zero-order valence-corrected chi connectivity index (χ0v) is 19.3. The number of aryl methyl sites for hydroxylation is 1. The molecular formula is C26H32F3N3O. The average molecular weight is 460 g/mol. The van der Waals surface area contributed by atoms with Crippen molar-refractivity contribution in [2.45, 2.75) is 77.5 Å². The highest BCUT2D eigenvalue weighted by atomic mass is 19.3. The lowest BCUT2D eigenvalue weighted by Gasteiger charge is -2.30. The molecule has 2 aromatic heterocycles. The van der Waals surface area contributed by atoms with E-state index in [0.717, 1.165) is 72.1 Å². The number of hydrogen-bond acceptors (Lipinski definition) is 3. The molecule has 0 bridgehead atoms. The Morgan fingerprint density at radius 2 is 1.97 bits per heavy atom. The average Bonchev–Trinajstić information content (AvgIpc) is 3.06. The highest BCUT2D eigenvalue weighted by molar-refractivity contribution is 5.92. The lowest BCUT2D eigenvalue weighted by Crippen LogP contribution is -2.21. The van der Waals surface area contributed by atoms with Crippen LogP contribution in [0.25, 0.3) is 22.3 Å². The fourth-order valence-corrected chi connectivity index (χ4v) is 4.73. The van der Waals surface area contributed by atoms with E-state index in [4.69, 9.17) is 9.72 Å². The third kappa shape index (κ3) is 4.97. The lowest BCUT2D eigenvalue weighted by molar-refractivity contribution is -0.0497. The van der Waals surface area contributed by atoms with Crippen molar-refractivity contribution in [2.75, 3.05) is 12.0 Å². The van der Waals surface area contributed by atoms with Crippen molar-refractivity contribution < 1.29 is 17.9 Å². The number of rotatable bonds is 11. The number of ether oxygens (including phenoxy) is 1. The van der Waals surface area contributed by atoms with Gasteiger partial charge in [0.05, 0.1) is 29.3 Å². The molecule has 0 spiro atoms. The monoisotopic (exact) mass is 459 g/mol. The number of benzene rings is 1. The molecular weight excluding hydrogens is 427 g/mol. The van der Waals surface area contributed by atoms with Gasteiger partial charge in [0.25, 0.3) is 0 Å². The van der Waals surface area contributed by atoms with Crippen LogP contribution < -0.4 is 10.1 Å². The number of pyridine rings is 1. The summed E-state index contributed by atoms with van der Waals surface area (Å²) in [6, 6.07) is 9.32. The number of aromatic nitrogens is 2. The predicted octanol–water partition coefficient (Wildman–Crippen LogP) is 7.53. The first kappa shape index (κ1) is 23.5. The molecule has 1 saturated carbocycles. The largest absolute Gasteiger partial charge is 0.435 e. The van der Waals surface area contributed by atoms with Crippen LogP contribution in [-0.2, 0) is 6.42 Å². The molecule has 0 saturated heterocycles. The van der Waals surface area contributed by atoms with Crippen molar-refractivity contribution in [3.63, 3.8) is 0 Å². The normalized spacial score (nSPS) is 15.1. The Kier molecular flexibility index (Phi) is 7.46. The summed E-state index contributed by atoms with van der Waals surface area (Å²) in [7, 11) is 0. The maximum Gasteiger partial charge on any atom is 0.387 e. The molecule has 4 rings (SSSR count). The molecule has 3 aromatic rings. The van der Waals surface area contributed by atoms with Crippen LogP contribution in [0.5, 0.6) is 5.75 Å². The SMILES string of the molecule is CCCc1c(-c2ccc(NC(CF)CCC)cn2)n(C2CCC2)c2ccc(OC(F)F)cc12. The van der Waals surface area contributed by atoms with Crippen LogP contribution in [0.3, 0.4) is 0 Å². The summed E-state index contributed by atoms with van der Waals surface area (Å²) in [5.41, 5.74) is 4.83. The van der Waals surface area contributed by atoms with Gasteiger partial charge in [0.15, 0.2) is 0 Å². The van der Waals surface area contributed by atoms with Crippen LogP contribution >= 0.6 is 0 Å². The minimum Gasteiger partial charge on any atom is -0.435 e. The fraction of sp³-hybridized carbons (Fsp3) is 0.500. The zero-order chi connectivity index (χ0) is 23.4. The van der Waals surface area contributed by atoms with E-state index < -0.39 is 13.3 Å². The van der Waals surface area contributed by atoms with E-state index in [1.807, 2.05) is 25.1 Å². The Labute approximate surface area is 193 Å². The zero-order valence-electron chi connectivity index (χ0n) is 19.3. The third-order valence-electron chi connectivity index (χ3n) is 6.44. The summed E-state index contributed by atoms with van der Waals surface area (Å²) < 4.78 is 46.0. The number of halogens is 3. The van der Waals surface area contributed by atoms with Gasteiger partial charge in [-0.15, -0.1) is 0 Å². The molecule has 1 unspecified atom stereocenters. The van der Waals surface area contributed by atoms with E-state index in [1.165, 1.54) is 6.42 Å². The highest BCUT2D eigenvalue weighted by Gasteiger charge is 2.28. The first-order valence-electron chi connectivity index (χ1n) is 12.0. The number of nitrogens with one attached hydrogen (secondary N) is 1. The minimum absolute atomic E-state index is 0.174. The summed E-state index contributed by atoms with van der Waals surface area (Å²) >= 11 is 0. The Morgan fingerprint density at radius 1 is 1.15 bits per heavy atom. The van der Waals surface area contributed by atoms with Gasteiger partial charge in [-0.3, -0.25) is 4.98 Å². The van der Waals surface area contributed by atoms with E-state index in [9.17, 15) is 13.2 Å². The quantitative estimate of drug-likeness (QED) is 0.322. The van der Waals surface area contributed by atoms with Crippen molar-refractivity contribution in [3.8, 4) is 17.1 Å². The molecule has 4 nitrogen and oxygen atoms in total. The lowest BCUT2D eigenvalue weighted by atomic mass is 9.92. The summed E-state index contributed by atoms with van der Waals surface area (Å²) in [6.07, 6.45) is 8.52. The molecule has 0 aliphatic heterocycles. The van der Waals surface area contributed by atoms with Gasteiger partial charge in [-0.05, 0) is 68.0 Å². The summed E-state index contributed by atoms with van der Waals surface area (Å²) in [6.45, 7) is 0.877. The molecule has 1 aliphatic rings. The van der Waals surface area contributed by atoms with Crippen LogP contribution in [0, 0.1) is 0 Å². The van der Waals surface area contributed by atoms with E-state index in [0.29, 0.717) is 6.04 Å². The smallest absolute Gasteiger partial charge is 0.387 e. The second-order valence-electron chi connectivity index (χ2n) is 8.81. The van der Waals surface area contributed by atoms with Crippen molar-refractivity contribution >= 4 is 16.6 Å². The van der Waals surface area contributed by atoms with Crippen LogP contribution in [0.2, 0.25) is 0 Å². The van der Waals surface area contributed by atoms with Crippen LogP contribution in [0.1, 0.15) is 64.0 Å². The second-order valence-corrected chi connectivity index (χ2v) is 8.81. The van der Waals surface area contributed by atoms with E-state index >= 15 is 0 Å². The molecule has 7 heteroatoms. The summed E-state index contributed by atoms with van der Waals surface area (Å²) in [4.78, 5) is 4.75. The van der Waals surface area contributed by atoms with Crippen molar-refractivity contribution in [1.82, 2.24) is 9.55 Å². The van der Waals surface area contributed by atoms with Gasteiger partial charge in [0.2, 0.25) is 0 Å². The highest BCUT2D eigenvalue weighted by Crippen LogP contribution is 2.43. The first-order chi connectivity index (χ1) is 16.0. The van der Waals surface area contributed by atoms with Crippen molar-refractivity contribution in [1.29, 1.82) is 0 Å². The predicted molar refractivity (Wildman–Crippen MR) is 127 cm³/mol. The molecule has 1 aromatic carbocycles. The van der Waals surface area contributed by atoms with Gasteiger partial charge >= 0.3 is 6.61 Å². The van der Waals surface area contributed by atoms with Gasteiger partial charge in [-0.2, -0.15) is 8.78 Å². The molecule has 1 fully saturated rings. The van der Waals surface area contributed by atoms with Gasteiger partial charge in [-0.1, -0.05) is 26.7 Å². The third-order valence-corrected chi connectivity index (χ3v) is 6.44. The maximum absolute atomic E-state index is 13.3. The molecule has 0 amide bonds. The van der Waals surface area contributed by atoms with Crippen LogP contribution in [0.15, 0.2) is 36.5 Å². The Morgan fingerprint density at radius 3 is 2.55 bits per heavy atom. The summed E-state index contributed by atoms with van der Waals surface area (Å²) in [5.74, 6) is 0.174. The Balaban J connectivity index is 1.79. The van der Waals surface area contributed by atoms with Gasteiger partial charge in [0, 0.05) is 16.9 Å². The van der Waals surface area contributed by atoms with Gasteiger partial charge in [0.1, 0.15) is 12.4 Å². The standard InChI is InChI=1S/C26H32F3N3O/c1-3-6-17(15-27)31-18-10-12-23(30-16-18)25-21(7-4-2)22-14-20(33-26(28)29)11-13-24(22)32(25)19-8-5-9-19/h10-14,16-17,19,26,31H,3-9,15H2,1-2H3. The number of fused-ring (bicyclic) bond motifs is 1. The summed E-state index contributed by atoms with van der Waals surface area (Å²) in [5, 5.41) is 4.17. The molecule has 0 radical (unpaired) electrons. The Bertz CT molecular complexity index is 1060. The topological polar surface area (TPSA) is 39.1 Å². The van der Waals surface area contributed by atoms with E-state index in [-0.39, 0.29) is 11.8 Å². The number of hydrogen-bond donors (Lipinski definition) is 1. The number of alkyl halides is 3. The van der Waals surface area contributed by atoms with Crippen molar-refractivity contribution in [3.05, 3.63) is 42.1 Å². The molecule has 1 atom stereocenters. The number of nitrogens with zero attached hydrogens (tertiary/aromatic N) is 2. The van der Waals surface area contributed by atoms with Crippen molar-refractivity contribution in [2.24, 2.45) is 0 Å². The first-order valence-corrected chi connectivity index (χ1v) is 12.0. The minimum atomic E-state index is -2.85. The van der Waals surface area contributed by atoms with Crippen LogP contribution in [0.4, 0.5) is 18.9 Å². The second kappa shape index (κ2) is 10.5. The molecule has 1 aliphatic carbocycles. The molecule has 178 valence electrons. The fourth-order valence-electron chi connectivity index (χ4n) is 4.73. The van der Waals surface area contributed by atoms with E-state index in [1.54, 1.807) is 18.3 Å². The van der Waals surface area contributed by atoms with Crippen LogP contribution in [-0.4, -0.2) is 28.9 Å². The number of anilines is 1. The maximum atomic E-state index is 13.3. The van der Waals surface area contributed by atoms with Gasteiger partial charge < -0.3 is 14.6 Å². The Hall–Kier alpha value is -2.70. The van der Waals surface area contributed by atoms with Gasteiger partial charge in [-0.25, -0.2) is 4.39 Å².